The van der Waals surface area contributed by atoms with Crippen LogP contribution >= 0.6 is 0 Å². The molecule has 0 fully saturated rings. The van der Waals surface area contributed by atoms with Gasteiger partial charge in [-0.05, 0) is 44.5 Å². The van der Waals surface area contributed by atoms with E-state index in [1.165, 1.54) is 5.56 Å². The van der Waals surface area contributed by atoms with E-state index in [1.54, 1.807) is 6.07 Å². The maximum Gasteiger partial charge on any atom is 0.125 e. The number of phenolic OH excluding ortho intramolecular Hbond substituents is 1. The number of rotatable bonds is 5. The lowest BCUT2D eigenvalue weighted by atomic mass is 10.1. The first-order valence-corrected chi connectivity index (χ1v) is 6.61. The number of likely N-dealkylation sites (N-methyl/N-ethyl adjacent to an activating group) is 1. The number of nitrogens with one attached hydrogen (secondary N) is 1. The summed E-state index contributed by atoms with van der Waals surface area (Å²) in [5.74, 6) is 0.370. The zero-order valence-electron chi connectivity index (χ0n) is 11.4. The van der Waals surface area contributed by atoms with Crippen LogP contribution in [-0.4, -0.2) is 34.6 Å². The lowest BCUT2D eigenvalue weighted by molar-refractivity contribution is 0.255. The van der Waals surface area contributed by atoms with Crippen LogP contribution in [-0.2, 0) is 6.42 Å². The molecular formula is C15H22N2O. The highest BCUT2D eigenvalue weighted by Gasteiger charge is 2.10. The van der Waals surface area contributed by atoms with E-state index in [0.29, 0.717) is 11.8 Å². The lowest BCUT2D eigenvalue weighted by Crippen LogP contribution is -2.30. The Hall–Kier alpha value is -1.48. The van der Waals surface area contributed by atoms with Crippen molar-refractivity contribution >= 4 is 10.9 Å². The van der Waals surface area contributed by atoms with Crippen LogP contribution in [0, 0.1) is 0 Å². The molecule has 0 radical (unpaired) electrons. The lowest BCUT2D eigenvalue weighted by Gasteiger charge is -2.23. The van der Waals surface area contributed by atoms with Crippen molar-refractivity contribution < 1.29 is 5.11 Å². The molecule has 0 bridgehead atoms. The molecule has 0 spiro atoms. The first-order chi connectivity index (χ1) is 8.63. The Balaban J connectivity index is 2.13. The van der Waals surface area contributed by atoms with Gasteiger partial charge in [0.25, 0.3) is 0 Å². The van der Waals surface area contributed by atoms with Gasteiger partial charge in [0.1, 0.15) is 5.75 Å². The highest BCUT2D eigenvalue weighted by molar-refractivity contribution is 5.88. The van der Waals surface area contributed by atoms with Gasteiger partial charge >= 0.3 is 0 Å². The van der Waals surface area contributed by atoms with Crippen molar-refractivity contribution in [3.8, 4) is 5.75 Å². The van der Waals surface area contributed by atoms with E-state index in [0.717, 1.165) is 30.3 Å². The molecule has 0 aliphatic heterocycles. The Kier molecular flexibility index (Phi) is 3.92. The number of hydrogen-bond acceptors (Lipinski definition) is 2. The average molecular weight is 246 g/mol. The van der Waals surface area contributed by atoms with Crippen LogP contribution in [0.1, 0.15) is 25.8 Å². The van der Waals surface area contributed by atoms with Gasteiger partial charge in [-0.2, -0.15) is 0 Å². The largest absolute Gasteiger partial charge is 0.507 e. The second-order valence-corrected chi connectivity index (χ2v) is 5.00. The third kappa shape index (κ3) is 2.51. The molecule has 1 heterocycles. The van der Waals surface area contributed by atoms with Crippen molar-refractivity contribution in [2.45, 2.75) is 32.7 Å². The molecule has 0 saturated heterocycles. The molecule has 1 unspecified atom stereocenters. The van der Waals surface area contributed by atoms with E-state index < -0.39 is 0 Å². The predicted octanol–water partition coefficient (Wildman–Crippen LogP) is 3.15. The molecule has 2 rings (SSSR count). The summed E-state index contributed by atoms with van der Waals surface area (Å²) in [4.78, 5) is 5.58. The maximum absolute atomic E-state index is 9.93. The fourth-order valence-electron chi connectivity index (χ4n) is 2.26. The minimum Gasteiger partial charge on any atom is -0.507 e. The first kappa shape index (κ1) is 13.0. The second kappa shape index (κ2) is 5.44. The molecule has 3 nitrogen and oxygen atoms in total. The van der Waals surface area contributed by atoms with Crippen molar-refractivity contribution in [2.75, 3.05) is 13.6 Å². The molecular weight excluding hydrogens is 224 g/mol. The summed E-state index contributed by atoms with van der Waals surface area (Å²) < 4.78 is 0. The molecule has 98 valence electrons. The van der Waals surface area contributed by atoms with E-state index in [2.05, 4.69) is 30.8 Å². The van der Waals surface area contributed by atoms with Gasteiger partial charge in [0.2, 0.25) is 0 Å². The first-order valence-electron chi connectivity index (χ1n) is 6.61. The van der Waals surface area contributed by atoms with E-state index >= 15 is 0 Å². The molecule has 2 aromatic rings. The summed E-state index contributed by atoms with van der Waals surface area (Å²) in [7, 11) is 2.16. The Morgan fingerprint density at radius 3 is 2.89 bits per heavy atom. The van der Waals surface area contributed by atoms with Crippen LogP contribution in [0.25, 0.3) is 10.9 Å². The predicted molar refractivity (Wildman–Crippen MR) is 76.1 cm³/mol. The van der Waals surface area contributed by atoms with E-state index in [-0.39, 0.29) is 0 Å². The minimum atomic E-state index is 0.370. The summed E-state index contributed by atoms with van der Waals surface area (Å²) in [6.45, 7) is 5.46. The topological polar surface area (TPSA) is 39.3 Å². The van der Waals surface area contributed by atoms with E-state index in [1.807, 2.05) is 18.3 Å². The van der Waals surface area contributed by atoms with Crippen molar-refractivity contribution in [1.29, 1.82) is 0 Å². The minimum absolute atomic E-state index is 0.370. The fraction of sp³-hybridized carbons (Fsp3) is 0.467. The van der Waals surface area contributed by atoms with Crippen LogP contribution in [0.4, 0.5) is 0 Å². The number of fused-ring (bicyclic) bond motifs is 1. The van der Waals surface area contributed by atoms with Gasteiger partial charge in [0, 0.05) is 29.7 Å². The van der Waals surface area contributed by atoms with Gasteiger partial charge in [-0.1, -0.05) is 13.0 Å². The summed E-state index contributed by atoms with van der Waals surface area (Å²) in [6.07, 6.45) is 4.13. The van der Waals surface area contributed by atoms with E-state index in [4.69, 9.17) is 0 Å². The van der Waals surface area contributed by atoms with Crippen molar-refractivity contribution in [2.24, 2.45) is 0 Å². The summed E-state index contributed by atoms with van der Waals surface area (Å²) in [6, 6.07) is 6.21. The number of hydrogen-bond donors (Lipinski definition) is 2. The van der Waals surface area contributed by atoms with Gasteiger partial charge in [0.15, 0.2) is 0 Å². The molecule has 0 aliphatic rings. The smallest absolute Gasteiger partial charge is 0.125 e. The normalized spacial score (nSPS) is 13.3. The highest BCUT2D eigenvalue weighted by atomic mass is 16.3. The third-order valence-electron chi connectivity index (χ3n) is 3.84. The van der Waals surface area contributed by atoms with Crippen LogP contribution in [0.2, 0.25) is 0 Å². The fourth-order valence-corrected chi connectivity index (χ4v) is 2.26. The Labute approximate surface area is 108 Å². The monoisotopic (exact) mass is 246 g/mol. The Morgan fingerprint density at radius 2 is 2.17 bits per heavy atom. The number of aromatic nitrogens is 1. The number of aromatic hydroxyl groups is 1. The van der Waals surface area contributed by atoms with Gasteiger partial charge in [0.05, 0.1) is 0 Å². The summed E-state index contributed by atoms with van der Waals surface area (Å²) in [5, 5.41) is 10.9. The zero-order valence-corrected chi connectivity index (χ0v) is 11.4. The van der Waals surface area contributed by atoms with Crippen molar-refractivity contribution in [3.63, 3.8) is 0 Å². The summed E-state index contributed by atoms with van der Waals surface area (Å²) >= 11 is 0. The van der Waals surface area contributed by atoms with E-state index in [9.17, 15) is 5.11 Å². The average Bonchev–Trinajstić information content (AvgIpc) is 2.79. The van der Waals surface area contributed by atoms with Gasteiger partial charge in [-0.25, -0.2) is 0 Å². The van der Waals surface area contributed by atoms with Gasteiger partial charge in [-0.15, -0.1) is 0 Å². The highest BCUT2D eigenvalue weighted by Crippen LogP contribution is 2.27. The third-order valence-corrected chi connectivity index (χ3v) is 3.84. The molecule has 18 heavy (non-hydrogen) atoms. The Bertz CT molecular complexity index is 518. The standard InChI is InChI=1S/C15H22N2O/c1-4-11(2)17(3)9-8-12-10-16-13-6-5-7-14(18)15(12)13/h5-7,10-11,16,18H,4,8-9H2,1-3H3. The summed E-state index contributed by atoms with van der Waals surface area (Å²) in [5.41, 5.74) is 2.20. The molecule has 0 saturated carbocycles. The molecule has 0 aliphatic carbocycles. The van der Waals surface area contributed by atoms with Crippen LogP contribution in [0.5, 0.6) is 5.75 Å². The second-order valence-electron chi connectivity index (χ2n) is 5.00. The Morgan fingerprint density at radius 1 is 1.39 bits per heavy atom. The van der Waals surface area contributed by atoms with Gasteiger partial charge in [-0.3, -0.25) is 0 Å². The number of aromatic amines is 1. The quantitative estimate of drug-likeness (QED) is 0.850. The molecule has 3 heteroatoms. The van der Waals surface area contributed by atoms with Crippen molar-refractivity contribution in [1.82, 2.24) is 9.88 Å². The molecule has 1 aromatic carbocycles. The molecule has 1 aromatic heterocycles. The van der Waals surface area contributed by atoms with Gasteiger partial charge < -0.3 is 15.0 Å². The number of H-pyrrole nitrogens is 1. The molecule has 2 N–H and O–H groups in total. The maximum atomic E-state index is 9.93. The zero-order chi connectivity index (χ0) is 13.1. The number of nitrogens with zero attached hydrogens (tertiary/aromatic N) is 1. The van der Waals surface area contributed by atoms with Crippen LogP contribution in [0.15, 0.2) is 24.4 Å². The van der Waals surface area contributed by atoms with Crippen LogP contribution in [0.3, 0.4) is 0 Å². The molecule has 0 amide bonds. The van der Waals surface area contributed by atoms with Crippen LogP contribution < -0.4 is 0 Å². The number of phenols is 1. The SMILES string of the molecule is CCC(C)N(C)CCc1c[nH]c2cccc(O)c12. The van der Waals surface area contributed by atoms with Crippen molar-refractivity contribution in [3.05, 3.63) is 30.0 Å². The number of benzene rings is 1. The molecule has 1 atom stereocenters.